The number of carbonyl (C=O) groups is 2. The smallest absolute Gasteiger partial charge is 0.254 e. The predicted molar refractivity (Wildman–Crippen MR) is 122 cm³/mol. The Labute approximate surface area is 190 Å². The molecule has 2 aliphatic rings. The van der Waals surface area contributed by atoms with Crippen molar-refractivity contribution in [2.24, 2.45) is 0 Å². The average Bonchev–Trinajstić information content (AvgIpc) is 3.29. The second-order valence-electron chi connectivity index (χ2n) is 8.16. The summed E-state index contributed by atoms with van der Waals surface area (Å²) in [5.74, 6) is 1.03. The minimum absolute atomic E-state index is 0.0201. The summed E-state index contributed by atoms with van der Waals surface area (Å²) in [6.45, 7) is 7.55. The molecule has 9 nitrogen and oxygen atoms in total. The van der Waals surface area contributed by atoms with Crippen LogP contribution in [0.5, 0.6) is 17.2 Å². The maximum Gasteiger partial charge on any atom is 0.254 e. The third kappa shape index (κ3) is 5.45. The first-order chi connectivity index (χ1) is 15.5. The van der Waals surface area contributed by atoms with Crippen molar-refractivity contribution in [3.8, 4) is 17.2 Å². The number of nitrogens with zero attached hydrogens (tertiary/aromatic N) is 3. The van der Waals surface area contributed by atoms with Gasteiger partial charge >= 0.3 is 0 Å². The molecule has 3 rings (SSSR count). The summed E-state index contributed by atoms with van der Waals surface area (Å²) in [6, 6.07) is 3.55. The fourth-order valence-electron chi connectivity index (χ4n) is 4.56. The lowest BCUT2D eigenvalue weighted by atomic mass is 10.1. The number of nitrogens with one attached hydrogen (secondary N) is 1. The Morgan fingerprint density at radius 3 is 2.28 bits per heavy atom. The van der Waals surface area contributed by atoms with E-state index in [0.29, 0.717) is 42.4 Å². The monoisotopic (exact) mass is 448 g/mol. The van der Waals surface area contributed by atoms with Gasteiger partial charge in [-0.25, -0.2) is 0 Å². The highest BCUT2D eigenvalue weighted by Gasteiger charge is 2.31. The highest BCUT2D eigenvalue weighted by atomic mass is 16.5. The number of benzene rings is 1. The maximum atomic E-state index is 13.7. The van der Waals surface area contributed by atoms with Gasteiger partial charge in [-0.1, -0.05) is 6.92 Å². The number of amides is 2. The van der Waals surface area contributed by atoms with Gasteiger partial charge in [0.1, 0.15) is 6.54 Å². The standard InChI is InChI=1S/C23H36N4O5/c1-5-25-10-6-7-18(25)15-27(16-21(28)26-11-8-24-9-12-26)23(29)17-13-19(30-2)22(32-4)20(14-17)31-3/h13-14,18,24H,5-12,15-16H2,1-4H3. The van der Waals surface area contributed by atoms with Gasteiger partial charge in [0.05, 0.1) is 21.3 Å². The van der Waals surface area contributed by atoms with E-state index >= 15 is 0 Å². The fourth-order valence-corrected chi connectivity index (χ4v) is 4.56. The first kappa shape index (κ1) is 24.1. The minimum Gasteiger partial charge on any atom is -0.493 e. The van der Waals surface area contributed by atoms with E-state index in [1.54, 1.807) is 17.0 Å². The van der Waals surface area contributed by atoms with E-state index in [1.807, 2.05) is 4.90 Å². The molecule has 1 aromatic carbocycles. The van der Waals surface area contributed by atoms with Crippen molar-refractivity contribution < 1.29 is 23.8 Å². The van der Waals surface area contributed by atoms with E-state index in [2.05, 4.69) is 17.1 Å². The van der Waals surface area contributed by atoms with E-state index in [-0.39, 0.29) is 24.4 Å². The molecule has 2 aliphatic heterocycles. The molecule has 1 N–H and O–H groups in total. The molecule has 0 radical (unpaired) electrons. The Bertz CT molecular complexity index is 772. The quantitative estimate of drug-likeness (QED) is 0.605. The van der Waals surface area contributed by atoms with Crippen LogP contribution in [-0.2, 0) is 4.79 Å². The molecule has 1 atom stereocenters. The molecule has 1 unspecified atom stereocenters. The SMILES string of the molecule is CCN1CCCC1CN(CC(=O)N1CCNCC1)C(=O)c1cc(OC)c(OC)c(OC)c1. The molecule has 2 fully saturated rings. The lowest BCUT2D eigenvalue weighted by Gasteiger charge is -2.33. The number of rotatable bonds is 9. The first-order valence-corrected chi connectivity index (χ1v) is 11.3. The van der Waals surface area contributed by atoms with Crippen LogP contribution in [0.25, 0.3) is 0 Å². The summed E-state index contributed by atoms with van der Waals surface area (Å²) >= 11 is 0. The van der Waals surface area contributed by atoms with Gasteiger partial charge in [-0.3, -0.25) is 14.5 Å². The van der Waals surface area contributed by atoms with E-state index < -0.39 is 0 Å². The molecule has 2 saturated heterocycles. The second kappa shape index (κ2) is 11.4. The average molecular weight is 449 g/mol. The van der Waals surface area contributed by atoms with Gasteiger partial charge in [0.2, 0.25) is 11.7 Å². The number of methoxy groups -OCH3 is 3. The van der Waals surface area contributed by atoms with Crippen molar-refractivity contribution in [1.29, 1.82) is 0 Å². The van der Waals surface area contributed by atoms with Gasteiger partial charge < -0.3 is 29.3 Å². The molecule has 32 heavy (non-hydrogen) atoms. The number of hydrogen-bond acceptors (Lipinski definition) is 7. The van der Waals surface area contributed by atoms with Gasteiger partial charge in [-0.2, -0.15) is 0 Å². The van der Waals surface area contributed by atoms with Crippen molar-refractivity contribution in [2.45, 2.75) is 25.8 Å². The molecule has 1 aromatic rings. The largest absolute Gasteiger partial charge is 0.493 e. The fraction of sp³-hybridized carbons (Fsp3) is 0.652. The summed E-state index contributed by atoms with van der Waals surface area (Å²) in [6.07, 6.45) is 2.13. The molecular formula is C23H36N4O5. The molecule has 9 heteroatoms. The summed E-state index contributed by atoms with van der Waals surface area (Å²) in [7, 11) is 4.57. The van der Waals surface area contributed by atoms with Gasteiger partial charge in [0.25, 0.3) is 5.91 Å². The van der Waals surface area contributed by atoms with Gasteiger partial charge in [0, 0.05) is 44.3 Å². The molecule has 0 spiro atoms. The Morgan fingerprint density at radius 1 is 1.06 bits per heavy atom. The minimum atomic E-state index is -0.212. The molecule has 2 amide bonds. The van der Waals surface area contributed by atoms with Crippen molar-refractivity contribution in [3.63, 3.8) is 0 Å². The van der Waals surface area contributed by atoms with Gasteiger partial charge in [-0.05, 0) is 38.1 Å². The van der Waals surface area contributed by atoms with Crippen molar-refractivity contribution in [3.05, 3.63) is 17.7 Å². The van der Waals surface area contributed by atoms with Crippen molar-refractivity contribution >= 4 is 11.8 Å². The first-order valence-electron chi connectivity index (χ1n) is 11.3. The Balaban J connectivity index is 1.87. The molecule has 2 heterocycles. The number of likely N-dealkylation sites (tertiary alicyclic amines) is 1. The normalized spacial score (nSPS) is 19.0. The Morgan fingerprint density at radius 2 is 1.72 bits per heavy atom. The molecule has 0 aromatic heterocycles. The third-order valence-corrected chi connectivity index (χ3v) is 6.33. The number of hydrogen-bond donors (Lipinski definition) is 1. The van der Waals surface area contributed by atoms with Crippen LogP contribution in [0.4, 0.5) is 0 Å². The number of carbonyl (C=O) groups excluding carboxylic acids is 2. The van der Waals surface area contributed by atoms with Crippen LogP contribution in [-0.4, -0.2) is 106 Å². The molecular weight excluding hydrogens is 412 g/mol. The van der Waals surface area contributed by atoms with Crippen LogP contribution in [0, 0.1) is 0 Å². The highest BCUT2D eigenvalue weighted by molar-refractivity contribution is 5.97. The number of ether oxygens (including phenoxy) is 3. The Kier molecular flexibility index (Phi) is 8.58. The number of likely N-dealkylation sites (N-methyl/N-ethyl adjacent to an activating group) is 1. The van der Waals surface area contributed by atoms with Crippen LogP contribution >= 0.6 is 0 Å². The van der Waals surface area contributed by atoms with Crippen LogP contribution in [0.2, 0.25) is 0 Å². The van der Waals surface area contributed by atoms with Crippen LogP contribution in [0.3, 0.4) is 0 Å². The van der Waals surface area contributed by atoms with Crippen LogP contribution < -0.4 is 19.5 Å². The molecule has 0 saturated carbocycles. The van der Waals surface area contributed by atoms with E-state index in [4.69, 9.17) is 14.2 Å². The van der Waals surface area contributed by atoms with E-state index in [1.165, 1.54) is 21.3 Å². The highest BCUT2D eigenvalue weighted by Crippen LogP contribution is 2.38. The zero-order valence-corrected chi connectivity index (χ0v) is 19.7. The molecule has 178 valence electrons. The molecule has 0 bridgehead atoms. The third-order valence-electron chi connectivity index (χ3n) is 6.33. The summed E-state index contributed by atoms with van der Waals surface area (Å²) < 4.78 is 16.2. The lowest BCUT2D eigenvalue weighted by Crippen LogP contribution is -2.52. The van der Waals surface area contributed by atoms with E-state index in [0.717, 1.165) is 39.0 Å². The lowest BCUT2D eigenvalue weighted by molar-refractivity contribution is -0.132. The summed E-state index contributed by atoms with van der Waals surface area (Å²) in [5.41, 5.74) is 0.411. The van der Waals surface area contributed by atoms with Crippen LogP contribution in [0.15, 0.2) is 12.1 Å². The van der Waals surface area contributed by atoms with E-state index in [9.17, 15) is 9.59 Å². The van der Waals surface area contributed by atoms with Gasteiger partial charge in [0.15, 0.2) is 11.5 Å². The zero-order chi connectivity index (χ0) is 23.1. The summed E-state index contributed by atoms with van der Waals surface area (Å²) in [5, 5.41) is 3.26. The van der Waals surface area contributed by atoms with Gasteiger partial charge in [-0.15, -0.1) is 0 Å². The summed E-state index contributed by atoms with van der Waals surface area (Å²) in [4.78, 5) is 32.6. The van der Waals surface area contributed by atoms with Crippen molar-refractivity contribution in [2.75, 3.05) is 73.7 Å². The van der Waals surface area contributed by atoms with Crippen molar-refractivity contribution in [1.82, 2.24) is 20.0 Å². The number of piperazine rings is 1. The predicted octanol–water partition coefficient (Wildman–Crippen LogP) is 1.07. The maximum absolute atomic E-state index is 13.7. The van der Waals surface area contributed by atoms with Crippen LogP contribution in [0.1, 0.15) is 30.1 Å². The topological polar surface area (TPSA) is 83.6 Å². The molecule has 0 aliphatic carbocycles. The Hall–Kier alpha value is -2.52. The zero-order valence-electron chi connectivity index (χ0n) is 19.7. The second-order valence-corrected chi connectivity index (χ2v) is 8.16.